The Kier molecular flexibility index (Phi) is 3.11. The molecule has 1 heteroatoms. The molecule has 1 aliphatic rings. The Hall–Kier alpha value is -0.820. The van der Waals surface area contributed by atoms with Gasteiger partial charge in [0.2, 0.25) is 0 Å². The van der Waals surface area contributed by atoms with Crippen molar-refractivity contribution in [1.82, 2.24) is 5.32 Å². The fourth-order valence-corrected chi connectivity index (χ4v) is 2.86. The molecule has 1 aromatic carbocycles. The Morgan fingerprint density at radius 2 is 2.00 bits per heavy atom. The Morgan fingerprint density at radius 1 is 1.27 bits per heavy atom. The van der Waals surface area contributed by atoms with Gasteiger partial charge in [-0.25, -0.2) is 0 Å². The molecule has 1 N–H and O–H groups in total. The predicted octanol–water partition coefficient (Wildman–Crippen LogP) is 2.96. The van der Waals surface area contributed by atoms with Gasteiger partial charge in [-0.2, -0.15) is 0 Å². The van der Waals surface area contributed by atoms with E-state index < -0.39 is 0 Å². The molecule has 1 fully saturated rings. The molecule has 15 heavy (non-hydrogen) atoms. The van der Waals surface area contributed by atoms with E-state index >= 15 is 0 Å². The maximum atomic E-state index is 3.52. The summed E-state index contributed by atoms with van der Waals surface area (Å²) in [6, 6.07) is 11.0. The van der Waals surface area contributed by atoms with Gasteiger partial charge in [-0.05, 0) is 30.9 Å². The first-order chi connectivity index (χ1) is 7.23. The van der Waals surface area contributed by atoms with E-state index in [9.17, 15) is 0 Å². The van der Waals surface area contributed by atoms with Gasteiger partial charge in [0.15, 0.2) is 0 Å². The van der Waals surface area contributed by atoms with Gasteiger partial charge < -0.3 is 5.32 Å². The zero-order chi connectivity index (χ0) is 10.7. The van der Waals surface area contributed by atoms with E-state index in [2.05, 4.69) is 49.5 Å². The third kappa shape index (κ3) is 2.23. The van der Waals surface area contributed by atoms with Gasteiger partial charge in [0.1, 0.15) is 0 Å². The molecule has 0 spiro atoms. The van der Waals surface area contributed by atoms with Crippen LogP contribution in [-0.4, -0.2) is 13.1 Å². The smallest absolute Gasteiger partial charge is 0.00922 e. The van der Waals surface area contributed by atoms with Crippen molar-refractivity contribution >= 4 is 0 Å². The first kappa shape index (κ1) is 10.7. The first-order valence-electron chi connectivity index (χ1n) is 5.99. The zero-order valence-corrected chi connectivity index (χ0v) is 9.79. The highest BCUT2D eigenvalue weighted by atomic mass is 14.9. The molecule has 1 unspecified atom stereocenters. The van der Waals surface area contributed by atoms with E-state index in [-0.39, 0.29) is 0 Å². The van der Waals surface area contributed by atoms with Crippen LogP contribution in [0.15, 0.2) is 30.3 Å². The van der Waals surface area contributed by atoms with Crippen molar-refractivity contribution in [2.45, 2.75) is 32.1 Å². The van der Waals surface area contributed by atoms with Crippen molar-refractivity contribution in [3.8, 4) is 0 Å². The number of hydrogen-bond acceptors (Lipinski definition) is 1. The summed E-state index contributed by atoms with van der Waals surface area (Å²) in [5.41, 5.74) is 1.92. The lowest BCUT2D eigenvalue weighted by atomic mass is 9.74. The molecule has 0 aliphatic carbocycles. The molecule has 0 saturated carbocycles. The minimum absolute atomic E-state index is 0.398. The van der Waals surface area contributed by atoms with Crippen LogP contribution in [0, 0.1) is 5.92 Å². The minimum atomic E-state index is 0.398. The lowest BCUT2D eigenvalue weighted by Gasteiger charge is -2.30. The fourth-order valence-electron chi connectivity index (χ4n) is 2.86. The number of hydrogen-bond donors (Lipinski definition) is 1. The van der Waals surface area contributed by atoms with Gasteiger partial charge in [-0.3, -0.25) is 0 Å². The average Bonchev–Trinajstić information content (AvgIpc) is 2.68. The maximum absolute atomic E-state index is 3.52. The summed E-state index contributed by atoms with van der Waals surface area (Å²) in [7, 11) is 0. The number of benzene rings is 1. The van der Waals surface area contributed by atoms with E-state index in [1.165, 1.54) is 24.9 Å². The van der Waals surface area contributed by atoms with Crippen LogP contribution in [-0.2, 0) is 5.41 Å². The second-order valence-electron chi connectivity index (χ2n) is 5.17. The first-order valence-corrected chi connectivity index (χ1v) is 5.99. The molecule has 0 amide bonds. The summed E-state index contributed by atoms with van der Waals surface area (Å²) in [6.45, 7) is 6.96. The lowest BCUT2D eigenvalue weighted by molar-refractivity contribution is 0.367. The average molecular weight is 203 g/mol. The molecule has 1 aromatic rings. The molecule has 2 rings (SSSR count). The van der Waals surface area contributed by atoms with Crippen LogP contribution < -0.4 is 5.32 Å². The van der Waals surface area contributed by atoms with Gasteiger partial charge in [0.05, 0.1) is 0 Å². The van der Waals surface area contributed by atoms with Crippen molar-refractivity contribution in [3.63, 3.8) is 0 Å². The van der Waals surface area contributed by atoms with Gasteiger partial charge in [-0.15, -0.1) is 0 Å². The fraction of sp³-hybridized carbons (Fsp3) is 0.571. The molecule has 0 radical (unpaired) electrons. The van der Waals surface area contributed by atoms with Crippen LogP contribution >= 0.6 is 0 Å². The van der Waals surface area contributed by atoms with Gasteiger partial charge in [-0.1, -0.05) is 44.2 Å². The molecular formula is C14H21N. The topological polar surface area (TPSA) is 12.0 Å². The van der Waals surface area contributed by atoms with Crippen LogP contribution in [0.3, 0.4) is 0 Å². The third-order valence-electron chi connectivity index (χ3n) is 3.43. The highest BCUT2D eigenvalue weighted by molar-refractivity contribution is 5.27. The summed E-state index contributed by atoms with van der Waals surface area (Å²) in [5, 5.41) is 3.52. The van der Waals surface area contributed by atoms with Crippen molar-refractivity contribution in [1.29, 1.82) is 0 Å². The van der Waals surface area contributed by atoms with E-state index in [1.807, 2.05) is 0 Å². The predicted molar refractivity (Wildman–Crippen MR) is 65.1 cm³/mol. The van der Waals surface area contributed by atoms with E-state index in [0.717, 1.165) is 12.5 Å². The Morgan fingerprint density at radius 3 is 2.53 bits per heavy atom. The molecule has 0 bridgehead atoms. The van der Waals surface area contributed by atoms with Gasteiger partial charge in [0, 0.05) is 12.0 Å². The molecule has 1 saturated heterocycles. The van der Waals surface area contributed by atoms with Crippen LogP contribution in [0.25, 0.3) is 0 Å². The number of nitrogens with one attached hydrogen (secondary N) is 1. The molecular weight excluding hydrogens is 182 g/mol. The zero-order valence-electron chi connectivity index (χ0n) is 9.79. The van der Waals surface area contributed by atoms with E-state index in [1.54, 1.807) is 0 Å². The molecule has 1 heterocycles. The highest BCUT2D eigenvalue weighted by Gasteiger charge is 2.35. The largest absolute Gasteiger partial charge is 0.316 e. The van der Waals surface area contributed by atoms with Crippen molar-refractivity contribution in [2.24, 2.45) is 5.92 Å². The molecule has 82 valence electrons. The Balaban J connectivity index is 2.26. The quantitative estimate of drug-likeness (QED) is 0.796. The van der Waals surface area contributed by atoms with E-state index in [4.69, 9.17) is 0 Å². The summed E-state index contributed by atoms with van der Waals surface area (Å²) in [6.07, 6.45) is 2.58. The summed E-state index contributed by atoms with van der Waals surface area (Å²) >= 11 is 0. The lowest BCUT2D eigenvalue weighted by Crippen LogP contribution is -2.30. The maximum Gasteiger partial charge on any atom is 0.00922 e. The highest BCUT2D eigenvalue weighted by Crippen LogP contribution is 2.36. The Labute approximate surface area is 92.9 Å². The third-order valence-corrected chi connectivity index (χ3v) is 3.43. The molecule has 1 atom stereocenters. The summed E-state index contributed by atoms with van der Waals surface area (Å²) in [4.78, 5) is 0. The molecule has 1 aliphatic heterocycles. The van der Waals surface area contributed by atoms with Crippen molar-refractivity contribution in [2.75, 3.05) is 13.1 Å². The van der Waals surface area contributed by atoms with Gasteiger partial charge in [0.25, 0.3) is 0 Å². The SMILES string of the molecule is CC(C)CC1(c2ccccc2)CCNC1. The Bertz CT molecular complexity index is 296. The van der Waals surface area contributed by atoms with Crippen molar-refractivity contribution < 1.29 is 0 Å². The normalized spacial score (nSPS) is 26.1. The van der Waals surface area contributed by atoms with Gasteiger partial charge >= 0.3 is 0 Å². The standard InChI is InChI=1S/C14H21N/c1-12(2)10-14(8-9-15-11-14)13-6-4-3-5-7-13/h3-7,12,15H,8-11H2,1-2H3. The minimum Gasteiger partial charge on any atom is -0.316 e. The monoisotopic (exact) mass is 203 g/mol. The van der Waals surface area contributed by atoms with E-state index in [0.29, 0.717) is 5.41 Å². The second-order valence-corrected chi connectivity index (χ2v) is 5.17. The molecule has 0 aromatic heterocycles. The van der Waals surface area contributed by atoms with Crippen LogP contribution in [0.1, 0.15) is 32.3 Å². The second kappa shape index (κ2) is 4.36. The van der Waals surface area contributed by atoms with Crippen LogP contribution in [0.5, 0.6) is 0 Å². The van der Waals surface area contributed by atoms with Crippen molar-refractivity contribution in [3.05, 3.63) is 35.9 Å². The van der Waals surface area contributed by atoms with Crippen LogP contribution in [0.4, 0.5) is 0 Å². The molecule has 1 nitrogen and oxygen atoms in total. The van der Waals surface area contributed by atoms with Crippen LogP contribution in [0.2, 0.25) is 0 Å². The summed E-state index contributed by atoms with van der Waals surface area (Å²) < 4.78 is 0. The number of rotatable bonds is 3. The summed E-state index contributed by atoms with van der Waals surface area (Å²) in [5.74, 6) is 0.769.